The van der Waals surface area contributed by atoms with E-state index in [1.807, 2.05) is 0 Å². The minimum absolute atomic E-state index is 0.0667. The van der Waals surface area contributed by atoms with Crippen molar-refractivity contribution in [3.05, 3.63) is 34.6 Å². The highest BCUT2D eigenvalue weighted by atomic mass is 35.5. The maximum Gasteiger partial charge on any atom is 0.142 e. The molecule has 1 aromatic rings. The van der Waals surface area contributed by atoms with Crippen LogP contribution < -0.4 is 11.3 Å². The first-order valence-electron chi connectivity index (χ1n) is 4.64. The Morgan fingerprint density at radius 1 is 1.62 bits per heavy atom. The second kappa shape index (κ2) is 6.42. The number of amidine groups is 1. The number of halogens is 2. The van der Waals surface area contributed by atoms with E-state index in [9.17, 15) is 4.39 Å². The summed E-state index contributed by atoms with van der Waals surface area (Å²) in [5, 5.41) is 0.0667. The minimum atomic E-state index is -0.506. The predicted molar refractivity (Wildman–Crippen MR) is 62.0 cm³/mol. The third-order valence-electron chi connectivity index (χ3n) is 1.90. The molecule has 0 unspecified atom stereocenters. The van der Waals surface area contributed by atoms with E-state index in [0.29, 0.717) is 24.6 Å². The standard InChI is InChI=1S/C10H13ClFN3O/c1-16-5-4-14-10(15-13)7-2-3-8(11)9(12)6-7/h2-3,6H,4-5,13H2,1H3,(H,14,15). The molecule has 3 N–H and O–H groups in total. The van der Waals surface area contributed by atoms with Gasteiger partial charge in [-0.25, -0.2) is 10.2 Å². The van der Waals surface area contributed by atoms with E-state index in [1.165, 1.54) is 12.1 Å². The van der Waals surface area contributed by atoms with E-state index in [-0.39, 0.29) is 5.02 Å². The number of hydrazine groups is 1. The van der Waals surface area contributed by atoms with Gasteiger partial charge in [-0.15, -0.1) is 0 Å². The molecule has 1 aromatic carbocycles. The summed E-state index contributed by atoms with van der Waals surface area (Å²) in [6.45, 7) is 0.918. The molecular formula is C10H13ClFN3O. The van der Waals surface area contributed by atoms with Gasteiger partial charge in [-0.2, -0.15) is 0 Å². The van der Waals surface area contributed by atoms with Gasteiger partial charge in [0.15, 0.2) is 0 Å². The molecule has 0 aliphatic rings. The third-order valence-corrected chi connectivity index (χ3v) is 2.20. The summed E-state index contributed by atoms with van der Waals surface area (Å²) in [6.07, 6.45) is 0. The van der Waals surface area contributed by atoms with Crippen LogP contribution in [0.4, 0.5) is 4.39 Å². The van der Waals surface area contributed by atoms with E-state index in [2.05, 4.69) is 10.4 Å². The van der Waals surface area contributed by atoms with Crippen LogP contribution in [0.15, 0.2) is 23.2 Å². The van der Waals surface area contributed by atoms with E-state index < -0.39 is 5.82 Å². The Morgan fingerprint density at radius 2 is 2.38 bits per heavy atom. The fraction of sp³-hybridized carbons (Fsp3) is 0.300. The molecule has 0 radical (unpaired) electrons. The van der Waals surface area contributed by atoms with Crippen molar-refractivity contribution >= 4 is 17.4 Å². The van der Waals surface area contributed by atoms with Crippen LogP contribution in [0.3, 0.4) is 0 Å². The summed E-state index contributed by atoms with van der Waals surface area (Å²) >= 11 is 5.57. The first-order chi connectivity index (χ1) is 7.69. The number of rotatable bonds is 4. The van der Waals surface area contributed by atoms with E-state index >= 15 is 0 Å². The molecule has 0 aliphatic carbocycles. The SMILES string of the molecule is COCCN=C(NN)c1ccc(Cl)c(F)c1. The second-order valence-corrected chi connectivity index (χ2v) is 3.40. The Hall–Kier alpha value is -1.17. The topological polar surface area (TPSA) is 59.6 Å². The van der Waals surface area contributed by atoms with E-state index in [0.717, 1.165) is 0 Å². The highest BCUT2D eigenvalue weighted by molar-refractivity contribution is 6.30. The fourth-order valence-electron chi connectivity index (χ4n) is 1.11. The van der Waals surface area contributed by atoms with Crippen molar-refractivity contribution in [3.63, 3.8) is 0 Å². The molecule has 0 aromatic heterocycles. The van der Waals surface area contributed by atoms with Crippen molar-refractivity contribution in [2.45, 2.75) is 0 Å². The summed E-state index contributed by atoms with van der Waals surface area (Å²) in [5.74, 6) is 5.19. The number of methoxy groups -OCH3 is 1. The quantitative estimate of drug-likeness (QED) is 0.277. The number of ether oxygens (including phenoxy) is 1. The van der Waals surface area contributed by atoms with Gasteiger partial charge >= 0.3 is 0 Å². The van der Waals surface area contributed by atoms with Crippen LogP contribution in [0.1, 0.15) is 5.56 Å². The Bertz CT molecular complexity index is 384. The third kappa shape index (κ3) is 3.44. The molecule has 0 spiro atoms. The minimum Gasteiger partial charge on any atom is -0.383 e. The molecule has 1 rings (SSSR count). The van der Waals surface area contributed by atoms with Crippen molar-refractivity contribution < 1.29 is 9.13 Å². The lowest BCUT2D eigenvalue weighted by Gasteiger charge is -2.06. The first-order valence-corrected chi connectivity index (χ1v) is 5.02. The molecule has 0 fully saturated rings. The van der Waals surface area contributed by atoms with Crippen LogP contribution >= 0.6 is 11.6 Å². The zero-order chi connectivity index (χ0) is 12.0. The largest absolute Gasteiger partial charge is 0.383 e. The van der Waals surface area contributed by atoms with Gasteiger partial charge in [0.1, 0.15) is 11.7 Å². The van der Waals surface area contributed by atoms with Gasteiger partial charge in [0.05, 0.1) is 18.2 Å². The van der Waals surface area contributed by atoms with Gasteiger partial charge in [-0.3, -0.25) is 4.99 Å². The number of aliphatic imine (C=N–C) groups is 1. The maximum atomic E-state index is 13.2. The molecular weight excluding hydrogens is 233 g/mol. The number of nitrogens with two attached hydrogens (primary N) is 1. The summed E-state index contributed by atoms with van der Waals surface area (Å²) in [7, 11) is 1.58. The van der Waals surface area contributed by atoms with E-state index in [1.54, 1.807) is 13.2 Å². The van der Waals surface area contributed by atoms with Crippen LogP contribution in [0, 0.1) is 5.82 Å². The average molecular weight is 246 g/mol. The van der Waals surface area contributed by atoms with E-state index in [4.69, 9.17) is 22.2 Å². The number of hydrogen-bond donors (Lipinski definition) is 2. The van der Waals surface area contributed by atoms with Gasteiger partial charge in [-0.05, 0) is 18.2 Å². The molecule has 0 heterocycles. The lowest BCUT2D eigenvalue weighted by Crippen LogP contribution is -2.31. The molecule has 0 amide bonds. The van der Waals surface area contributed by atoms with Crippen LogP contribution in [-0.2, 0) is 4.74 Å². The lowest BCUT2D eigenvalue weighted by molar-refractivity contribution is 0.208. The molecule has 6 heteroatoms. The molecule has 0 bridgehead atoms. The predicted octanol–water partition coefficient (Wildman–Crippen LogP) is 1.34. The molecule has 0 aliphatic heterocycles. The summed E-state index contributed by atoms with van der Waals surface area (Å²) in [4.78, 5) is 4.12. The fourth-order valence-corrected chi connectivity index (χ4v) is 1.23. The van der Waals surface area contributed by atoms with Gasteiger partial charge in [-0.1, -0.05) is 11.6 Å². The molecule has 88 valence electrons. The Kier molecular flexibility index (Phi) is 5.18. The van der Waals surface area contributed by atoms with Crippen LogP contribution in [0.5, 0.6) is 0 Å². The molecule has 16 heavy (non-hydrogen) atoms. The maximum absolute atomic E-state index is 13.2. The van der Waals surface area contributed by atoms with Crippen molar-refractivity contribution in [3.8, 4) is 0 Å². The van der Waals surface area contributed by atoms with Crippen molar-refractivity contribution in [2.75, 3.05) is 20.3 Å². The number of benzene rings is 1. The monoisotopic (exact) mass is 245 g/mol. The summed E-state index contributed by atoms with van der Waals surface area (Å²) in [6, 6.07) is 4.36. The smallest absolute Gasteiger partial charge is 0.142 e. The Morgan fingerprint density at radius 3 is 2.94 bits per heavy atom. The highest BCUT2D eigenvalue weighted by Gasteiger charge is 2.05. The number of hydrogen-bond acceptors (Lipinski definition) is 3. The van der Waals surface area contributed by atoms with Gasteiger partial charge in [0.25, 0.3) is 0 Å². The van der Waals surface area contributed by atoms with Gasteiger partial charge in [0.2, 0.25) is 0 Å². The normalized spacial score (nSPS) is 11.6. The van der Waals surface area contributed by atoms with Crippen molar-refractivity contribution in [1.82, 2.24) is 5.43 Å². The highest BCUT2D eigenvalue weighted by Crippen LogP contribution is 2.15. The zero-order valence-electron chi connectivity index (χ0n) is 8.84. The molecule has 4 nitrogen and oxygen atoms in total. The zero-order valence-corrected chi connectivity index (χ0v) is 9.59. The molecule has 0 saturated carbocycles. The van der Waals surface area contributed by atoms with Crippen LogP contribution in [0.2, 0.25) is 5.02 Å². The summed E-state index contributed by atoms with van der Waals surface area (Å²) < 4.78 is 18.0. The summed E-state index contributed by atoms with van der Waals surface area (Å²) in [5.41, 5.74) is 2.95. The molecule has 0 atom stereocenters. The Balaban J connectivity index is 2.86. The Labute approximate surface area is 98.2 Å². The van der Waals surface area contributed by atoms with Gasteiger partial charge < -0.3 is 10.2 Å². The van der Waals surface area contributed by atoms with Crippen LogP contribution in [0.25, 0.3) is 0 Å². The van der Waals surface area contributed by atoms with Gasteiger partial charge in [0, 0.05) is 12.7 Å². The second-order valence-electron chi connectivity index (χ2n) is 3.00. The number of nitrogens with zero attached hydrogens (tertiary/aromatic N) is 1. The average Bonchev–Trinajstić information content (AvgIpc) is 2.29. The lowest BCUT2D eigenvalue weighted by atomic mass is 10.2. The first kappa shape index (κ1) is 12.9. The van der Waals surface area contributed by atoms with Crippen LogP contribution in [-0.4, -0.2) is 26.1 Å². The van der Waals surface area contributed by atoms with Crippen molar-refractivity contribution in [2.24, 2.45) is 10.8 Å². The number of nitrogens with one attached hydrogen (secondary N) is 1. The van der Waals surface area contributed by atoms with Crippen molar-refractivity contribution in [1.29, 1.82) is 0 Å². The molecule has 0 saturated heterocycles.